The van der Waals surface area contributed by atoms with E-state index in [1.165, 1.54) is 11.5 Å². The number of nitrogen functional groups attached to an aromatic ring is 1. The van der Waals surface area contributed by atoms with Crippen molar-refractivity contribution in [3.05, 3.63) is 23.9 Å². The summed E-state index contributed by atoms with van der Waals surface area (Å²) < 4.78 is 3.89. The van der Waals surface area contributed by atoms with Crippen LogP contribution in [-0.2, 0) is 0 Å². The van der Waals surface area contributed by atoms with Crippen LogP contribution < -0.4 is 5.73 Å². The molecule has 6 heteroatoms. The molecule has 3 aromatic rings. The second-order valence-electron chi connectivity index (χ2n) is 3.52. The van der Waals surface area contributed by atoms with E-state index in [1.54, 1.807) is 0 Å². The van der Waals surface area contributed by atoms with E-state index in [4.69, 9.17) is 5.73 Å². The molecule has 0 saturated heterocycles. The lowest BCUT2D eigenvalue weighted by molar-refractivity contribution is 1.09. The van der Waals surface area contributed by atoms with E-state index < -0.39 is 0 Å². The largest absolute Gasteiger partial charge is 0.397 e. The summed E-state index contributed by atoms with van der Waals surface area (Å²) in [5.74, 6) is 0.778. The first-order chi connectivity index (χ1) is 7.75. The standard InChI is InChI=1S/C10H9N5S/c1-5-9(16-15-14-5)10-12-7-4-2-3-6(11)8(7)13-10/h2-4H,11H2,1H3,(H,12,13). The number of imidazole rings is 1. The minimum atomic E-state index is 0.676. The minimum absolute atomic E-state index is 0.676. The summed E-state index contributed by atoms with van der Waals surface area (Å²) in [6, 6.07) is 5.69. The summed E-state index contributed by atoms with van der Waals surface area (Å²) in [6.45, 7) is 1.91. The van der Waals surface area contributed by atoms with Gasteiger partial charge in [0, 0.05) is 0 Å². The van der Waals surface area contributed by atoms with Gasteiger partial charge in [0.25, 0.3) is 0 Å². The molecule has 80 valence electrons. The zero-order chi connectivity index (χ0) is 11.1. The Hall–Kier alpha value is -1.95. The molecule has 0 fully saturated rings. The molecule has 3 rings (SSSR count). The van der Waals surface area contributed by atoms with Gasteiger partial charge in [-0.3, -0.25) is 0 Å². The Kier molecular flexibility index (Phi) is 1.90. The fraction of sp³-hybridized carbons (Fsp3) is 0.100. The van der Waals surface area contributed by atoms with Crippen molar-refractivity contribution >= 4 is 28.3 Å². The molecule has 0 aliphatic heterocycles. The van der Waals surface area contributed by atoms with Crippen LogP contribution in [0.25, 0.3) is 21.7 Å². The number of hydrogen-bond acceptors (Lipinski definition) is 5. The molecule has 0 unspecified atom stereocenters. The number of anilines is 1. The maximum atomic E-state index is 5.85. The molecular weight excluding hydrogens is 222 g/mol. The molecule has 0 amide bonds. The van der Waals surface area contributed by atoms with Crippen LogP contribution in [0.1, 0.15) is 5.69 Å². The van der Waals surface area contributed by atoms with Crippen molar-refractivity contribution in [2.45, 2.75) is 6.92 Å². The van der Waals surface area contributed by atoms with Gasteiger partial charge in [-0.1, -0.05) is 10.6 Å². The van der Waals surface area contributed by atoms with Crippen LogP contribution in [0.2, 0.25) is 0 Å². The fourth-order valence-electron chi connectivity index (χ4n) is 1.61. The number of nitrogens with two attached hydrogens (primary N) is 1. The monoisotopic (exact) mass is 231 g/mol. The van der Waals surface area contributed by atoms with Gasteiger partial charge in [0.05, 0.1) is 16.9 Å². The predicted molar refractivity (Wildman–Crippen MR) is 64.1 cm³/mol. The Morgan fingerprint density at radius 3 is 2.94 bits per heavy atom. The van der Waals surface area contributed by atoms with Crippen molar-refractivity contribution in [2.24, 2.45) is 0 Å². The van der Waals surface area contributed by atoms with E-state index in [1.807, 2.05) is 25.1 Å². The number of para-hydroxylation sites is 1. The lowest BCUT2D eigenvalue weighted by atomic mass is 10.3. The number of nitrogens with zero attached hydrogens (tertiary/aromatic N) is 3. The molecule has 1 aromatic carbocycles. The third-order valence-electron chi connectivity index (χ3n) is 2.41. The van der Waals surface area contributed by atoms with Crippen LogP contribution in [0, 0.1) is 6.92 Å². The normalized spacial score (nSPS) is 11.1. The van der Waals surface area contributed by atoms with Gasteiger partial charge in [0.2, 0.25) is 0 Å². The van der Waals surface area contributed by atoms with Gasteiger partial charge in [0.1, 0.15) is 10.4 Å². The van der Waals surface area contributed by atoms with E-state index in [0.29, 0.717) is 5.69 Å². The van der Waals surface area contributed by atoms with Crippen LogP contribution >= 0.6 is 11.5 Å². The van der Waals surface area contributed by atoms with Gasteiger partial charge < -0.3 is 10.7 Å². The third-order valence-corrected chi connectivity index (χ3v) is 3.25. The number of fused-ring (bicyclic) bond motifs is 1. The first-order valence-electron chi connectivity index (χ1n) is 4.79. The number of hydrogen-bond donors (Lipinski definition) is 2. The SMILES string of the molecule is Cc1nnsc1-c1nc2c(N)cccc2[nH]1. The van der Waals surface area contributed by atoms with E-state index >= 15 is 0 Å². The summed E-state index contributed by atoms with van der Waals surface area (Å²) in [5, 5.41) is 3.96. The number of H-pyrrole nitrogens is 1. The highest BCUT2D eigenvalue weighted by atomic mass is 32.1. The maximum Gasteiger partial charge on any atom is 0.152 e. The summed E-state index contributed by atoms with van der Waals surface area (Å²) >= 11 is 1.33. The molecule has 2 heterocycles. The summed E-state index contributed by atoms with van der Waals surface area (Å²) in [5.41, 5.74) is 9.13. The molecule has 5 nitrogen and oxygen atoms in total. The van der Waals surface area contributed by atoms with Crippen LogP contribution in [0.3, 0.4) is 0 Å². The van der Waals surface area contributed by atoms with Crippen LogP contribution in [0.4, 0.5) is 5.69 Å². The van der Waals surface area contributed by atoms with Crippen molar-refractivity contribution in [3.63, 3.8) is 0 Å². The average Bonchev–Trinajstić information content (AvgIpc) is 2.84. The molecule has 16 heavy (non-hydrogen) atoms. The average molecular weight is 231 g/mol. The summed E-state index contributed by atoms with van der Waals surface area (Å²) in [4.78, 5) is 8.64. The van der Waals surface area contributed by atoms with Crippen molar-refractivity contribution in [1.82, 2.24) is 19.6 Å². The molecule has 0 spiro atoms. The molecule has 0 saturated carbocycles. The maximum absolute atomic E-state index is 5.85. The molecule has 2 aromatic heterocycles. The van der Waals surface area contributed by atoms with E-state index in [2.05, 4.69) is 19.6 Å². The van der Waals surface area contributed by atoms with Crippen molar-refractivity contribution < 1.29 is 0 Å². The van der Waals surface area contributed by atoms with E-state index in [9.17, 15) is 0 Å². The fourth-order valence-corrected chi connectivity index (χ4v) is 2.21. The molecule has 0 aliphatic carbocycles. The topological polar surface area (TPSA) is 80.5 Å². The highest BCUT2D eigenvalue weighted by Gasteiger charge is 2.12. The minimum Gasteiger partial charge on any atom is -0.397 e. The van der Waals surface area contributed by atoms with Crippen molar-refractivity contribution in [2.75, 3.05) is 5.73 Å². The lowest BCUT2D eigenvalue weighted by Crippen LogP contribution is -1.85. The predicted octanol–water partition coefficient (Wildman–Crippen LogP) is 1.97. The Balaban J connectivity index is 2.27. The van der Waals surface area contributed by atoms with Crippen molar-refractivity contribution in [3.8, 4) is 10.7 Å². The molecule has 0 atom stereocenters. The van der Waals surface area contributed by atoms with Gasteiger partial charge in [-0.25, -0.2) is 4.98 Å². The number of nitrogens with one attached hydrogen (secondary N) is 1. The Bertz CT molecular complexity index is 654. The molecular formula is C10H9N5S. The van der Waals surface area contributed by atoms with Gasteiger partial charge in [-0.2, -0.15) is 0 Å². The highest BCUT2D eigenvalue weighted by Crippen LogP contribution is 2.27. The summed E-state index contributed by atoms with van der Waals surface area (Å²) in [7, 11) is 0. The lowest BCUT2D eigenvalue weighted by Gasteiger charge is -1.90. The van der Waals surface area contributed by atoms with Gasteiger partial charge in [0.15, 0.2) is 5.82 Å². The van der Waals surface area contributed by atoms with Gasteiger partial charge in [-0.15, -0.1) is 5.10 Å². The number of aromatic amines is 1. The van der Waals surface area contributed by atoms with E-state index in [0.717, 1.165) is 27.4 Å². The van der Waals surface area contributed by atoms with Crippen LogP contribution in [-0.4, -0.2) is 19.6 Å². The third kappa shape index (κ3) is 1.27. The Labute approximate surface area is 95.5 Å². The molecule has 3 N–H and O–H groups in total. The Morgan fingerprint density at radius 2 is 2.25 bits per heavy atom. The smallest absolute Gasteiger partial charge is 0.152 e. The first kappa shape index (κ1) is 9.29. The van der Waals surface area contributed by atoms with E-state index in [-0.39, 0.29) is 0 Å². The first-order valence-corrected chi connectivity index (χ1v) is 5.56. The molecule has 0 radical (unpaired) electrons. The quantitative estimate of drug-likeness (QED) is 0.627. The second kappa shape index (κ2) is 3.28. The number of aromatic nitrogens is 4. The molecule has 0 bridgehead atoms. The van der Waals surface area contributed by atoms with Crippen LogP contribution in [0.5, 0.6) is 0 Å². The number of benzene rings is 1. The van der Waals surface area contributed by atoms with Gasteiger partial charge in [-0.05, 0) is 30.6 Å². The highest BCUT2D eigenvalue weighted by molar-refractivity contribution is 7.09. The number of aryl methyl sites for hydroxylation is 1. The van der Waals surface area contributed by atoms with Crippen molar-refractivity contribution in [1.29, 1.82) is 0 Å². The zero-order valence-corrected chi connectivity index (χ0v) is 9.38. The summed E-state index contributed by atoms with van der Waals surface area (Å²) in [6.07, 6.45) is 0. The van der Waals surface area contributed by atoms with Crippen LogP contribution in [0.15, 0.2) is 18.2 Å². The Morgan fingerprint density at radius 1 is 1.38 bits per heavy atom. The molecule has 0 aliphatic rings. The number of rotatable bonds is 1. The second-order valence-corrected chi connectivity index (χ2v) is 4.27. The zero-order valence-electron chi connectivity index (χ0n) is 8.56. The van der Waals surface area contributed by atoms with Gasteiger partial charge >= 0.3 is 0 Å².